The highest BCUT2D eigenvalue weighted by Crippen LogP contribution is 2.44. The van der Waals surface area contributed by atoms with E-state index in [2.05, 4.69) is 87.2 Å². The van der Waals surface area contributed by atoms with Crippen LogP contribution in [0.3, 0.4) is 0 Å². The van der Waals surface area contributed by atoms with E-state index in [4.69, 9.17) is 19.5 Å². The van der Waals surface area contributed by atoms with Crippen molar-refractivity contribution in [3.63, 3.8) is 0 Å². The molecule has 4 nitrogen and oxygen atoms in total. The van der Waals surface area contributed by atoms with Gasteiger partial charge in [-0.15, -0.1) is 6.58 Å². The highest BCUT2D eigenvalue weighted by molar-refractivity contribution is 6.74. The number of hydrogen-bond acceptors (Lipinski definition) is 4. The summed E-state index contributed by atoms with van der Waals surface area (Å²) in [7, 11) is -2.36. The SMILES string of the molecule is C=C(B1OC(C)(C)C(C)(C)O1)[C@H](CCO[Si](C)(C)C(C)(C)C)[C@](N)(CC)c1ccccc1. The van der Waals surface area contributed by atoms with Crippen LogP contribution in [0, 0.1) is 5.92 Å². The van der Waals surface area contributed by atoms with Crippen molar-refractivity contribution >= 4 is 15.4 Å². The number of rotatable bonds is 9. The summed E-state index contributed by atoms with van der Waals surface area (Å²) < 4.78 is 19.3. The zero-order valence-electron chi connectivity index (χ0n) is 22.2. The molecule has 0 bridgehead atoms. The Bertz CT molecular complexity index is 772. The molecule has 32 heavy (non-hydrogen) atoms. The summed E-state index contributed by atoms with van der Waals surface area (Å²) in [4.78, 5) is 0. The molecule has 6 heteroatoms. The van der Waals surface area contributed by atoms with E-state index < -0.39 is 32.2 Å². The molecular weight excluding hydrogens is 413 g/mol. The Morgan fingerprint density at radius 1 is 1.09 bits per heavy atom. The number of nitrogens with two attached hydrogens (primary N) is 1. The minimum Gasteiger partial charge on any atom is -0.417 e. The molecule has 0 amide bonds. The van der Waals surface area contributed by atoms with E-state index >= 15 is 0 Å². The highest BCUT2D eigenvalue weighted by Gasteiger charge is 2.54. The van der Waals surface area contributed by atoms with Gasteiger partial charge in [0.2, 0.25) is 0 Å². The molecule has 0 spiro atoms. The number of hydrogen-bond donors (Lipinski definition) is 1. The molecule has 2 N–H and O–H groups in total. The topological polar surface area (TPSA) is 53.7 Å². The molecule has 0 radical (unpaired) electrons. The van der Waals surface area contributed by atoms with E-state index in [0.717, 1.165) is 23.9 Å². The lowest BCUT2D eigenvalue weighted by Crippen LogP contribution is -2.48. The fourth-order valence-electron chi connectivity index (χ4n) is 3.98. The van der Waals surface area contributed by atoms with Gasteiger partial charge in [0, 0.05) is 18.1 Å². The van der Waals surface area contributed by atoms with Crippen LogP contribution in [0.25, 0.3) is 0 Å². The first-order valence-electron chi connectivity index (χ1n) is 12.0. The van der Waals surface area contributed by atoms with Crippen molar-refractivity contribution < 1.29 is 13.7 Å². The second kappa shape index (κ2) is 9.38. The van der Waals surface area contributed by atoms with E-state index in [9.17, 15) is 0 Å². The second-order valence-electron chi connectivity index (χ2n) is 11.9. The van der Waals surface area contributed by atoms with Gasteiger partial charge in [0.05, 0.1) is 11.2 Å². The van der Waals surface area contributed by atoms with Gasteiger partial charge in [-0.3, -0.25) is 0 Å². The summed E-state index contributed by atoms with van der Waals surface area (Å²) in [6.07, 6.45) is 1.55. The quantitative estimate of drug-likeness (QED) is 0.430. The van der Waals surface area contributed by atoms with Crippen LogP contribution in [0.4, 0.5) is 0 Å². The van der Waals surface area contributed by atoms with Gasteiger partial charge >= 0.3 is 7.12 Å². The van der Waals surface area contributed by atoms with Gasteiger partial charge in [0.15, 0.2) is 8.32 Å². The molecule has 1 saturated heterocycles. The van der Waals surface area contributed by atoms with Crippen molar-refractivity contribution in [1.29, 1.82) is 0 Å². The highest BCUT2D eigenvalue weighted by atomic mass is 28.4. The largest absolute Gasteiger partial charge is 0.490 e. The van der Waals surface area contributed by atoms with Gasteiger partial charge in [0.25, 0.3) is 0 Å². The van der Waals surface area contributed by atoms with E-state index in [1.807, 2.05) is 18.2 Å². The van der Waals surface area contributed by atoms with Crippen molar-refractivity contribution in [3.05, 3.63) is 47.9 Å². The minimum atomic E-state index is -1.87. The molecule has 1 aromatic carbocycles. The monoisotopic (exact) mass is 459 g/mol. The van der Waals surface area contributed by atoms with Gasteiger partial charge in [-0.05, 0) is 69.7 Å². The summed E-state index contributed by atoms with van der Waals surface area (Å²) in [5.41, 5.74) is 7.77. The summed E-state index contributed by atoms with van der Waals surface area (Å²) in [5, 5.41) is 0.162. The Morgan fingerprint density at radius 3 is 2.03 bits per heavy atom. The molecular formula is C26H46BNO3Si. The van der Waals surface area contributed by atoms with Crippen LogP contribution in [0.2, 0.25) is 18.1 Å². The lowest BCUT2D eigenvalue weighted by atomic mass is 9.61. The molecule has 180 valence electrons. The molecule has 1 fully saturated rings. The van der Waals surface area contributed by atoms with Gasteiger partial charge < -0.3 is 19.5 Å². The molecule has 0 saturated carbocycles. The maximum absolute atomic E-state index is 7.19. The smallest absolute Gasteiger partial charge is 0.417 e. The van der Waals surface area contributed by atoms with Crippen LogP contribution in [0.1, 0.15) is 73.8 Å². The molecule has 2 atom stereocenters. The molecule has 1 aliphatic heterocycles. The van der Waals surface area contributed by atoms with Gasteiger partial charge in [-0.2, -0.15) is 0 Å². The van der Waals surface area contributed by atoms with Crippen molar-refractivity contribution in [1.82, 2.24) is 0 Å². The second-order valence-corrected chi connectivity index (χ2v) is 16.7. The lowest BCUT2D eigenvalue weighted by Gasteiger charge is -2.41. The van der Waals surface area contributed by atoms with E-state index in [0.29, 0.717) is 6.61 Å². The van der Waals surface area contributed by atoms with Crippen LogP contribution in [-0.2, 0) is 19.3 Å². The lowest BCUT2D eigenvalue weighted by molar-refractivity contribution is 0.00578. The normalized spacial score (nSPS) is 21.3. The van der Waals surface area contributed by atoms with Crippen LogP contribution in [0.5, 0.6) is 0 Å². The van der Waals surface area contributed by atoms with Crippen LogP contribution >= 0.6 is 0 Å². The predicted octanol–water partition coefficient (Wildman–Crippen LogP) is 6.47. The predicted molar refractivity (Wildman–Crippen MR) is 139 cm³/mol. The van der Waals surface area contributed by atoms with Gasteiger partial charge in [-0.1, -0.05) is 58.0 Å². The molecule has 1 aliphatic rings. The molecule has 2 rings (SSSR count). The van der Waals surface area contributed by atoms with Crippen molar-refractivity contribution in [3.8, 4) is 0 Å². The Kier molecular flexibility index (Phi) is 8.01. The van der Waals surface area contributed by atoms with Crippen LogP contribution in [-0.4, -0.2) is 33.2 Å². The standard InChI is InChI=1S/C26H46BNO3Si/c1-12-26(28,21-16-14-13-15-17-21)22(18-19-29-32(10,11)23(3,4)5)20(2)27-30-24(6,7)25(8,9)31-27/h13-17,22H,2,12,18-19,28H2,1,3-11H3/t22-,26-/m0/s1. The molecule has 1 aromatic rings. The maximum Gasteiger partial charge on any atom is 0.490 e. The Balaban J connectivity index is 2.36. The fourth-order valence-corrected chi connectivity index (χ4v) is 5.04. The van der Waals surface area contributed by atoms with Crippen LogP contribution in [0.15, 0.2) is 42.4 Å². The van der Waals surface area contributed by atoms with Crippen LogP contribution < -0.4 is 5.73 Å². The van der Waals surface area contributed by atoms with Gasteiger partial charge in [-0.25, -0.2) is 0 Å². The first-order chi connectivity index (χ1) is 14.5. The Labute approximate surface area is 198 Å². The van der Waals surface area contributed by atoms with E-state index in [-0.39, 0.29) is 11.0 Å². The molecule has 0 unspecified atom stereocenters. The average Bonchev–Trinajstić information content (AvgIpc) is 2.91. The molecule has 0 aliphatic carbocycles. The first kappa shape index (κ1) is 27.3. The molecule has 0 aromatic heterocycles. The summed E-state index contributed by atoms with van der Waals surface area (Å²) in [6, 6.07) is 10.4. The van der Waals surface area contributed by atoms with Crippen molar-refractivity contribution in [2.24, 2.45) is 11.7 Å². The fraction of sp³-hybridized carbons (Fsp3) is 0.692. The number of benzene rings is 1. The zero-order valence-corrected chi connectivity index (χ0v) is 23.2. The Morgan fingerprint density at radius 2 is 1.59 bits per heavy atom. The third-order valence-corrected chi connectivity index (χ3v) is 12.7. The summed E-state index contributed by atoms with van der Waals surface area (Å²) in [5.74, 6) is -0.0469. The summed E-state index contributed by atoms with van der Waals surface area (Å²) in [6.45, 7) is 27.0. The minimum absolute atomic E-state index is 0.0469. The van der Waals surface area contributed by atoms with Gasteiger partial charge in [0.1, 0.15) is 0 Å². The summed E-state index contributed by atoms with van der Waals surface area (Å²) >= 11 is 0. The van der Waals surface area contributed by atoms with E-state index in [1.54, 1.807) is 0 Å². The molecule has 1 heterocycles. The third kappa shape index (κ3) is 5.41. The maximum atomic E-state index is 7.19. The average molecular weight is 460 g/mol. The Hall–Kier alpha value is -0.918. The first-order valence-corrected chi connectivity index (χ1v) is 14.9. The third-order valence-electron chi connectivity index (χ3n) is 8.20. The zero-order chi connectivity index (χ0) is 24.6. The van der Waals surface area contributed by atoms with Crippen molar-refractivity contribution in [2.45, 2.75) is 103 Å². The van der Waals surface area contributed by atoms with E-state index in [1.165, 1.54) is 0 Å². The van der Waals surface area contributed by atoms with Crippen molar-refractivity contribution in [2.75, 3.05) is 6.61 Å².